The van der Waals surface area contributed by atoms with E-state index >= 15 is 0 Å². The number of hydrogen-bond acceptors (Lipinski definition) is 3. The largest absolute Gasteiger partial charge is 0.465 e. The van der Waals surface area contributed by atoms with Gasteiger partial charge in [-0.15, -0.1) is 0 Å². The van der Waals surface area contributed by atoms with Crippen LogP contribution in [0.4, 0.5) is 0 Å². The van der Waals surface area contributed by atoms with Gasteiger partial charge in [0.05, 0.1) is 6.04 Å². The standard InChI is InChI=1S/C15H17BrN2O2/c1-9-6-7-13(20-9)10(2)18-14(15(17)19)11-4-3-5-12(16)8-11/h3-8,10,14,18H,1-2H3,(H2,17,19)/t10-,14+/m1/s1. The Kier molecular flexibility index (Phi) is 4.62. The minimum atomic E-state index is -0.562. The molecule has 1 amide bonds. The zero-order valence-corrected chi connectivity index (χ0v) is 13.0. The van der Waals surface area contributed by atoms with E-state index in [-0.39, 0.29) is 6.04 Å². The molecule has 3 N–H and O–H groups in total. The third kappa shape index (κ3) is 3.49. The summed E-state index contributed by atoms with van der Waals surface area (Å²) in [6.07, 6.45) is 0. The van der Waals surface area contributed by atoms with Crippen LogP contribution in [0.25, 0.3) is 0 Å². The highest BCUT2D eigenvalue weighted by Crippen LogP contribution is 2.23. The third-order valence-corrected chi connectivity index (χ3v) is 3.56. The molecule has 1 aromatic carbocycles. The van der Waals surface area contributed by atoms with Gasteiger partial charge in [-0.3, -0.25) is 10.1 Å². The molecule has 0 spiro atoms. The van der Waals surface area contributed by atoms with Crippen molar-refractivity contribution in [3.63, 3.8) is 0 Å². The van der Waals surface area contributed by atoms with Gasteiger partial charge in [0, 0.05) is 4.47 Å². The van der Waals surface area contributed by atoms with Gasteiger partial charge in [-0.05, 0) is 43.7 Å². The number of halogens is 1. The van der Waals surface area contributed by atoms with Gasteiger partial charge in [0.2, 0.25) is 5.91 Å². The van der Waals surface area contributed by atoms with Crippen LogP contribution in [0.5, 0.6) is 0 Å². The van der Waals surface area contributed by atoms with E-state index in [9.17, 15) is 4.79 Å². The van der Waals surface area contributed by atoms with E-state index in [2.05, 4.69) is 21.2 Å². The van der Waals surface area contributed by atoms with Crippen molar-refractivity contribution in [3.8, 4) is 0 Å². The Bertz CT molecular complexity index is 609. The number of rotatable bonds is 5. The first-order valence-corrected chi connectivity index (χ1v) is 7.14. The van der Waals surface area contributed by atoms with Crippen molar-refractivity contribution >= 4 is 21.8 Å². The first-order valence-electron chi connectivity index (χ1n) is 6.34. The summed E-state index contributed by atoms with van der Waals surface area (Å²) in [5.41, 5.74) is 6.32. The lowest BCUT2D eigenvalue weighted by molar-refractivity contribution is -0.120. The van der Waals surface area contributed by atoms with Crippen molar-refractivity contribution in [2.75, 3.05) is 0 Å². The summed E-state index contributed by atoms with van der Waals surface area (Å²) in [5.74, 6) is 1.20. The lowest BCUT2D eigenvalue weighted by Crippen LogP contribution is -2.35. The molecule has 1 aromatic heterocycles. The fourth-order valence-electron chi connectivity index (χ4n) is 2.05. The number of nitrogens with two attached hydrogens (primary N) is 1. The van der Waals surface area contributed by atoms with Crippen molar-refractivity contribution in [2.24, 2.45) is 5.73 Å². The molecule has 0 unspecified atom stereocenters. The van der Waals surface area contributed by atoms with Gasteiger partial charge < -0.3 is 10.2 Å². The molecule has 0 bridgehead atoms. The van der Waals surface area contributed by atoms with E-state index in [0.717, 1.165) is 21.6 Å². The number of benzene rings is 1. The highest BCUT2D eigenvalue weighted by molar-refractivity contribution is 9.10. The van der Waals surface area contributed by atoms with Gasteiger partial charge in [0.1, 0.15) is 17.6 Å². The molecule has 106 valence electrons. The number of carbonyl (C=O) groups is 1. The van der Waals surface area contributed by atoms with Crippen LogP contribution >= 0.6 is 15.9 Å². The van der Waals surface area contributed by atoms with Crippen LogP contribution in [-0.2, 0) is 4.79 Å². The van der Waals surface area contributed by atoms with Crippen LogP contribution < -0.4 is 11.1 Å². The zero-order chi connectivity index (χ0) is 14.7. The number of hydrogen-bond donors (Lipinski definition) is 2. The quantitative estimate of drug-likeness (QED) is 0.880. The first kappa shape index (κ1) is 14.8. The van der Waals surface area contributed by atoms with Crippen molar-refractivity contribution in [2.45, 2.75) is 25.9 Å². The van der Waals surface area contributed by atoms with E-state index in [1.807, 2.05) is 50.2 Å². The zero-order valence-electron chi connectivity index (χ0n) is 11.4. The summed E-state index contributed by atoms with van der Waals surface area (Å²) in [6.45, 7) is 3.82. The Labute approximate surface area is 126 Å². The van der Waals surface area contributed by atoms with Crippen LogP contribution in [0.1, 0.15) is 36.1 Å². The summed E-state index contributed by atoms with van der Waals surface area (Å²) in [5, 5.41) is 3.20. The SMILES string of the molecule is Cc1ccc([C@@H](C)N[C@H](C(N)=O)c2cccc(Br)c2)o1. The molecular formula is C15H17BrN2O2. The smallest absolute Gasteiger partial charge is 0.239 e. The molecular weight excluding hydrogens is 320 g/mol. The second kappa shape index (κ2) is 6.24. The Morgan fingerprint density at radius 2 is 2.10 bits per heavy atom. The summed E-state index contributed by atoms with van der Waals surface area (Å²) in [6, 6.07) is 10.6. The van der Waals surface area contributed by atoms with Crippen LogP contribution in [0.3, 0.4) is 0 Å². The van der Waals surface area contributed by atoms with E-state index in [1.165, 1.54) is 0 Å². The van der Waals surface area contributed by atoms with Gasteiger partial charge in [-0.25, -0.2) is 0 Å². The summed E-state index contributed by atoms with van der Waals surface area (Å²) in [7, 11) is 0. The monoisotopic (exact) mass is 336 g/mol. The molecule has 0 saturated heterocycles. The maximum atomic E-state index is 11.7. The predicted octanol–water partition coefficient (Wildman–Crippen LogP) is 3.23. The van der Waals surface area contributed by atoms with Gasteiger partial charge in [-0.2, -0.15) is 0 Å². The lowest BCUT2D eigenvalue weighted by Gasteiger charge is -2.20. The number of carbonyl (C=O) groups excluding carboxylic acids is 1. The number of primary amides is 1. The second-order valence-corrected chi connectivity index (χ2v) is 5.64. The number of nitrogens with one attached hydrogen (secondary N) is 1. The lowest BCUT2D eigenvalue weighted by atomic mass is 10.1. The molecule has 0 fully saturated rings. The molecule has 2 rings (SSSR count). The molecule has 20 heavy (non-hydrogen) atoms. The van der Waals surface area contributed by atoms with Gasteiger partial charge in [-0.1, -0.05) is 28.1 Å². The number of furan rings is 1. The summed E-state index contributed by atoms with van der Waals surface area (Å²) < 4.78 is 6.47. The fourth-order valence-corrected chi connectivity index (χ4v) is 2.46. The average Bonchev–Trinajstić information content (AvgIpc) is 2.82. The minimum Gasteiger partial charge on any atom is -0.465 e. The maximum absolute atomic E-state index is 11.7. The topological polar surface area (TPSA) is 68.3 Å². The van der Waals surface area contributed by atoms with E-state index in [1.54, 1.807) is 0 Å². The molecule has 0 radical (unpaired) electrons. The number of amides is 1. The molecule has 0 aliphatic carbocycles. The second-order valence-electron chi connectivity index (χ2n) is 4.73. The van der Waals surface area contributed by atoms with Crippen molar-refractivity contribution in [1.82, 2.24) is 5.32 Å². The van der Waals surface area contributed by atoms with Crippen LogP contribution in [0.15, 0.2) is 45.3 Å². The molecule has 1 heterocycles. The molecule has 2 aromatic rings. The minimum absolute atomic E-state index is 0.111. The van der Waals surface area contributed by atoms with Crippen molar-refractivity contribution in [1.29, 1.82) is 0 Å². The molecule has 5 heteroatoms. The molecule has 0 saturated carbocycles. The molecule has 0 aliphatic heterocycles. The predicted molar refractivity (Wildman–Crippen MR) is 81.1 cm³/mol. The highest BCUT2D eigenvalue weighted by Gasteiger charge is 2.22. The van der Waals surface area contributed by atoms with Crippen LogP contribution in [0, 0.1) is 6.92 Å². The van der Waals surface area contributed by atoms with E-state index < -0.39 is 11.9 Å². The average molecular weight is 337 g/mol. The van der Waals surface area contributed by atoms with Crippen molar-refractivity contribution < 1.29 is 9.21 Å². The normalized spacial score (nSPS) is 13.9. The Morgan fingerprint density at radius 3 is 2.65 bits per heavy atom. The maximum Gasteiger partial charge on any atom is 0.239 e. The van der Waals surface area contributed by atoms with Gasteiger partial charge in [0.25, 0.3) is 0 Å². The Hall–Kier alpha value is -1.59. The molecule has 2 atom stereocenters. The molecule has 4 nitrogen and oxygen atoms in total. The summed E-state index contributed by atoms with van der Waals surface area (Å²) >= 11 is 3.40. The number of aryl methyl sites for hydroxylation is 1. The Balaban J connectivity index is 2.20. The fraction of sp³-hybridized carbons (Fsp3) is 0.267. The Morgan fingerprint density at radius 1 is 1.35 bits per heavy atom. The highest BCUT2D eigenvalue weighted by atomic mass is 79.9. The summed E-state index contributed by atoms with van der Waals surface area (Å²) in [4.78, 5) is 11.7. The van der Waals surface area contributed by atoms with Gasteiger partial charge >= 0.3 is 0 Å². The van der Waals surface area contributed by atoms with Crippen LogP contribution in [0.2, 0.25) is 0 Å². The van der Waals surface area contributed by atoms with E-state index in [0.29, 0.717) is 0 Å². The van der Waals surface area contributed by atoms with Crippen LogP contribution in [-0.4, -0.2) is 5.91 Å². The van der Waals surface area contributed by atoms with Gasteiger partial charge in [0.15, 0.2) is 0 Å². The third-order valence-electron chi connectivity index (χ3n) is 3.07. The van der Waals surface area contributed by atoms with E-state index in [4.69, 9.17) is 10.2 Å². The van der Waals surface area contributed by atoms with Crippen molar-refractivity contribution in [3.05, 3.63) is 58.0 Å². The first-order chi connectivity index (χ1) is 9.47. The molecule has 0 aliphatic rings.